The predicted octanol–water partition coefficient (Wildman–Crippen LogP) is 1.08. The zero-order valence-corrected chi connectivity index (χ0v) is 9.44. The largest absolute Gasteiger partial charge is 0.374 e. The molecule has 1 atom stereocenters. The quantitative estimate of drug-likeness (QED) is 0.734. The lowest BCUT2D eigenvalue weighted by Crippen LogP contribution is -2.16. The van der Waals surface area contributed by atoms with Gasteiger partial charge in [-0.2, -0.15) is 0 Å². The van der Waals surface area contributed by atoms with Crippen molar-refractivity contribution in [1.29, 1.82) is 0 Å². The van der Waals surface area contributed by atoms with Gasteiger partial charge in [0.25, 0.3) is 11.0 Å². The number of thiol groups is 1. The van der Waals surface area contributed by atoms with Crippen molar-refractivity contribution in [3.63, 3.8) is 0 Å². The molecule has 6 heteroatoms. The summed E-state index contributed by atoms with van der Waals surface area (Å²) in [6.07, 6.45) is -1.43. The monoisotopic (exact) mass is 248 g/mol. The minimum atomic E-state index is -2.99. The van der Waals surface area contributed by atoms with Crippen molar-refractivity contribution in [3.8, 4) is 0 Å². The summed E-state index contributed by atoms with van der Waals surface area (Å²) in [4.78, 5) is 0. The van der Waals surface area contributed by atoms with E-state index in [2.05, 4.69) is 4.18 Å². The molecular formula is C10H13FO4S. The van der Waals surface area contributed by atoms with Crippen LogP contribution >= 0.6 is 0 Å². The molecule has 0 saturated heterocycles. The maximum atomic E-state index is 12.9. The summed E-state index contributed by atoms with van der Waals surface area (Å²) in [6, 6.07) is 9.31. The lowest BCUT2D eigenvalue weighted by molar-refractivity contribution is 0.0509. The van der Waals surface area contributed by atoms with Crippen molar-refractivity contribution >= 4 is 11.0 Å². The van der Waals surface area contributed by atoms with E-state index in [9.17, 15) is 12.8 Å². The van der Waals surface area contributed by atoms with Crippen LogP contribution in [0.4, 0.5) is 4.39 Å². The number of halogens is 1. The zero-order chi connectivity index (χ0) is 11.8. The molecule has 0 aliphatic heterocycles. The molecule has 0 spiro atoms. The third-order valence-electron chi connectivity index (χ3n) is 1.77. The molecule has 4 nitrogen and oxygen atoms in total. The van der Waals surface area contributed by atoms with Gasteiger partial charge in [0, 0.05) is 0 Å². The highest BCUT2D eigenvalue weighted by Gasteiger charge is 2.07. The van der Waals surface area contributed by atoms with Crippen LogP contribution < -0.4 is 0 Å². The van der Waals surface area contributed by atoms with Crippen molar-refractivity contribution in [3.05, 3.63) is 35.9 Å². The Balaban J connectivity index is 2.15. The van der Waals surface area contributed by atoms with Crippen LogP contribution in [0.3, 0.4) is 0 Å². The summed E-state index contributed by atoms with van der Waals surface area (Å²) in [7, 11) is -2.99. The van der Waals surface area contributed by atoms with Gasteiger partial charge in [-0.3, -0.25) is 4.18 Å². The fourth-order valence-electron chi connectivity index (χ4n) is 1.07. The van der Waals surface area contributed by atoms with Crippen molar-refractivity contribution in [2.45, 2.75) is 12.8 Å². The van der Waals surface area contributed by atoms with Crippen molar-refractivity contribution in [2.24, 2.45) is 0 Å². The van der Waals surface area contributed by atoms with E-state index in [1.165, 1.54) is 0 Å². The molecule has 0 aromatic heterocycles. The van der Waals surface area contributed by atoms with E-state index in [1.807, 2.05) is 30.3 Å². The molecule has 0 amide bonds. The average molecular weight is 248 g/mol. The lowest BCUT2D eigenvalue weighted by Gasteiger charge is -2.07. The SMILES string of the molecule is O=[SH](=O)OC[C@H](F)COCc1ccccc1. The molecule has 0 bridgehead atoms. The molecule has 0 N–H and O–H groups in total. The molecular weight excluding hydrogens is 235 g/mol. The fourth-order valence-corrected chi connectivity index (χ4v) is 1.35. The molecule has 1 rings (SSSR count). The lowest BCUT2D eigenvalue weighted by atomic mass is 10.2. The van der Waals surface area contributed by atoms with Crippen LogP contribution in [0.2, 0.25) is 0 Å². The van der Waals surface area contributed by atoms with Gasteiger partial charge < -0.3 is 4.74 Å². The van der Waals surface area contributed by atoms with Gasteiger partial charge in [-0.25, -0.2) is 12.8 Å². The van der Waals surface area contributed by atoms with Gasteiger partial charge >= 0.3 is 0 Å². The molecule has 0 aliphatic carbocycles. The van der Waals surface area contributed by atoms with E-state index in [0.29, 0.717) is 6.61 Å². The van der Waals surface area contributed by atoms with Gasteiger partial charge in [0.05, 0.1) is 19.8 Å². The van der Waals surface area contributed by atoms with Gasteiger partial charge in [0.1, 0.15) is 6.17 Å². The molecule has 0 fully saturated rings. The minimum absolute atomic E-state index is 0.182. The summed E-state index contributed by atoms with van der Waals surface area (Å²) in [5, 5.41) is 0. The van der Waals surface area contributed by atoms with E-state index in [1.54, 1.807) is 0 Å². The van der Waals surface area contributed by atoms with Crippen LogP contribution in [0.15, 0.2) is 30.3 Å². The molecule has 1 aromatic rings. The first kappa shape index (κ1) is 13.1. The first-order valence-electron chi connectivity index (χ1n) is 4.71. The smallest absolute Gasteiger partial charge is 0.257 e. The first-order chi connectivity index (χ1) is 7.68. The molecule has 0 saturated carbocycles. The number of hydrogen-bond acceptors (Lipinski definition) is 4. The van der Waals surface area contributed by atoms with Gasteiger partial charge in [-0.05, 0) is 5.56 Å². The third kappa shape index (κ3) is 5.79. The predicted molar refractivity (Wildman–Crippen MR) is 57.3 cm³/mol. The summed E-state index contributed by atoms with van der Waals surface area (Å²) >= 11 is 0. The molecule has 90 valence electrons. The zero-order valence-electron chi connectivity index (χ0n) is 8.54. The molecule has 0 unspecified atom stereocenters. The van der Waals surface area contributed by atoms with E-state index in [-0.39, 0.29) is 6.61 Å². The number of benzene rings is 1. The van der Waals surface area contributed by atoms with E-state index >= 15 is 0 Å². The van der Waals surface area contributed by atoms with E-state index in [0.717, 1.165) is 5.56 Å². The van der Waals surface area contributed by atoms with Crippen LogP contribution in [-0.2, 0) is 26.5 Å². The van der Waals surface area contributed by atoms with Crippen LogP contribution in [0.5, 0.6) is 0 Å². The highest BCUT2D eigenvalue weighted by atomic mass is 32.2. The fraction of sp³-hybridized carbons (Fsp3) is 0.400. The molecule has 0 radical (unpaired) electrons. The molecule has 0 heterocycles. The van der Waals surface area contributed by atoms with Crippen LogP contribution in [0.25, 0.3) is 0 Å². The highest BCUT2D eigenvalue weighted by Crippen LogP contribution is 2.02. The summed E-state index contributed by atoms with van der Waals surface area (Å²) < 4.78 is 42.1. The Bertz CT molecular complexity index is 358. The Morgan fingerprint density at radius 3 is 2.50 bits per heavy atom. The topological polar surface area (TPSA) is 52.6 Å². The third-order valence-corrected chi connectivity index (χ3v) is 2.13. The second kappa shape index (κ2) is 7.32. The Morgan fingerprint density at radius 1 is 1.19 bits per heavy atom. The summed E-state index contributed by atoms with van der Waals surface area (Å²) in [5.74, 6) is 0. The summed E-state index contributed by atoms with van der Waals surface area (Å²) in [5.41, 5.74) is 0.936. The average Bonchev–Trinajstić information content (AvgIpc) is 2.28. The Hall–Kier alpha value is -0.980. The van der Waals surface area contributed by atoms with Gasteiger partial charge in [-0.15, -0.1) is 0 Å². The maximum absolute atomic E-state index is 12.9. The molecule has 16 heavy (non-hydrogen) atoms. The normalized spacial score (nSPS) is 12.9. The number of alkyl halides is 1. The van der Waals surface area contributed by atoms with E-state index in [4.69, 9.17) is 4.74 Å². The number of rotatable bonds is 7. The minimum Gasteiger partial charge on any atom is -0.374 e. The Morgan fingerprint density at radius 2 is 1.88 bits per heavy atom. The van der Waals surface area contributed by atoms with Crippen LogP contribution in [0.1, 0.15) is 5.56 Å². The first-order valence-corrected chi connectivity index (χ1v) is 5.81. The second-order valence-electron chi connectivity index (χ2n) is 3.12. The van der Waals surface area contributed by atoms with Crippen molar-refractivity contribution in [1.82, 2.24) is 0 Å². The molecule has 0 aliphatic rings. The van der Waals surface area contributed by atoms with Gasteiger partial charge in [0.2, 0.25) is 0 Å². The maximum Gasteiger partial charge on any atom is 0.257 e. The van der Waals surface area contributed by atoms with Crippen LogP contribution in [-0.4, -0.2) is 27.8 Å². The number of ether oxygens (including phenoxy) is 1. The standard InChI is InChI=1S/C10H13FO4S/c11-10(8-15-16(12)13)7-14-6-9-4-2-1-3-5-9/h1-5,10,16H,6-8H2/t10-/m1/s1. The summed E-state index contributed by atoms with van der Waals surface area (Å²) in [6.45, 7) is -0.379. The Labute approximate surface area is 95.2 Å². The molecule has 1 aromatic carbocycles. The van der Waals surface area contributed by atoms with Crippen LogP contribution in [0, 0.1) is 0 Å². The Kier molecular flexibility index (Phi) is 5.99. The van der Waals surface area contributed by atoms with Gasteiger partial charge in [-0.1, -0.05) is 30.3 Å². The number of hydrogen-bond donors (Lipinski definition) is 1. The van der Waals surface area contributed by atoms with E-state index < -0.39 is 23.8 Å². The second-order valence-corrected chi connectivity index (χ2v) is 3.82. The van der Waals surface area contributed by atoms with Gasteiger partial charge in [0.15, 0.2) is 0 Å². The van der Waals surface area contributed by atoms with Crippen molar-refractivity contribution < 1.29 is 21.7 Å². The van der Waals surface area contributed by atoms with Crippen molar-refractivity contribution in [2.75, 3.05) is 13.2 Å². The highest BCUT2D eigenvalue weighted by molar-refractivity contribution is 7.67.